The molecule has 1 amide bonds. The summed E-state index contributed by atoms with van der Waals surface area (Å²) in [6.07, 6.45) is 0.250. The molecule has 0 fully saturated rings. The van der Waals surface area contributed by atoms with Gasteiger partial charge in [-0.3, -0.25) is 4.79 Å². The van der Waals surface area contributed by atoms with Crippen molar-refractivity contribution in [2.45, 2.75) is 0 Å². The molecule has 0 unspecified atom stereocenters. The molecule has 0 aliphatic rings. The van der Waals surface area contributed by atoms with Gasteiger partial charge in [-0.2, -0.15) is 0 Å². The smallest absolute Gasteiger partial charge is 0.212 e. The van der Waals surface area contributed by atoms with E-state index in [4.69, 9.17) is 16.3 Å². The predicted octanol–water partition coefficient (Wildman–Crippen LogP) is -1.62. The van der Waals surface area contributed by atoms with Crippen LogP contribution in [0.1, 0.15) is 0 Å². The number of primary amides is 1. The van der Waals surface area contributed by atoms with E-state index in [1.165, 1.54) is 0 Å². The molecule has 0 aliphatic heterocycles. The fourth-order valence-electron chi connectivity index (χ4n) is 0.0781. The second-order valence-corrected chi connectivity index (χ2v) is 1.03. The molecule has 6 nitrogen and oxygen atoms in total. The fraction of sp³-hybridized carbons (Fsp3) is 0. The first-order chi connectivity index (χ1) is 4.68. The van der Waals surface area contributed by atoms with E-state index < -0.39 is 0 Å². The Morgan fingerprint density at radius 3 is 2.10 bits per heavy atom. The lowest BCUT2D eigenvalue weighted by Crippen LogP contribution is -2.21. The third-order valence-corrected chi connectivity index (χ3v) is 0.288. The Morgan fingerprint density at radius 1 is 1.60 bits per heavy atom. The molecular weight excluding hydrogens is 154 g/mol. The van der Waals surface area contributed by atoms with Gasteiger partial charge >= 0.3 is 0 Å². The van der Waals surface area contributed by atoms with Crippen LogP contribution in [0.4, 0.5) is 0 Å². The molecular formula is C3H7N5OS. The average Bonchev–Trinajstić information content (AvgIpc) is 1.85. The zero-order valence-electron chi connectivity index (χ0n) is 5.02. The third kappa shape index (κ3) is 31.1. The van der Waals surface area contributed by atoms with Crippen LogP contribution in [0.2, 0.25) is 0 Å². The quantitative estimate of drug-likeness (QED) is 0.141. The number of rotatable bonds is 1. The highest BCUT2D eigenvalue weighted by Crippen LogP contribution is 1.60. The summed E-state index contributed by atoms with van der Waals surface area (Å²) >= 11 is 4.14. The Bertz CT molecular complexity index is 156. The van der Waals surface area contributed by atoms with Gasteiger partial charge in [0.2, 0.25) is 12.4 Å². The number of nitrogens with zero attached hydrogens (tertiary/aromatic N) is 2. The van der Waals surface area contributed by atoms with Crippen molar-refractivity contribution in [3.63, 3.8) is 0 Å². The van der Waals surface area contributed by atoms with Crippen LogP contribution in [0.5, 0.6) is 0 Å². The number of nitrogens with two attached hydrogens (primary N) is 3. The summed E-state index contributed by atoms with van der Waals surface area (Å²) in [6.45, 7) is 0. The summed E-state index contributed by atoms with van der Waals surface area (Å²) in [6, 6.07) is 0. The topological polar surface area (TPSA) is 120 Å². The standard InChI is InChI=1S/C2H4N4S.CH3NO/c3-2(4)6-5-1-7;2-1-3/h(H4,3,4,6);1H,(H2,2,3). The maximum Gasteiger partial charge on any atom is 0.212 e. The highest BCUT2D eigenvalue weighted by Gasteiger charge is 1.67. The van der Waals surface area contributed by atoms with Gasteiger partial charge in [-0.15, -0.1) is 5.10 Å². The van der Waals surface area contributed by atoms with Crippen molar-refractivity contribution in [3.05, 3.63) is 0 Å². The zero-order valence-corrected chi connectivity index (χ0v) is 5.84. The third-order valence-electron chi connectivity index (χ3n) is 0.206. The molecule has 0 atom stereocenters. The lowest BCUT2D eigenvalue weighted by atomic mass is 11.1. The summed E-state index contributed by atoms with van der Waals surface area (Å²) in [5, 5.41) is 8.16. The zero-order chi connectivity index (χ0) is 8.41. The highest BCUT2D eigenvalue weighted by atomic mass is 32.1. The molecule has 0 radical (unpaired) electrons. The van der Waals surface area contributed by atoms with Gasteiger partial charge in [0.25, 0.3) is 0 Å². The van der Waals surface area contributed by atoms with Crippen molar-refractivity contribution < 1.29 is 4.79 Å². The number of isothiocyanates is 1. The van der Waals surface area contributed by atoms with Crippen molar-refractivity contribution in [2.75, 3.05) is 0 Å². The molecule has 6 N–H and O–H groups in total. The summed E-state index contributed by atoms with van der Waals surface area (Å²) in [4.78, 5) is 8.58. The van der Waals surface area contributed by atoms with Gasteiger partial charge < -0.3 is 17.2 Å². The summed E-state index contributed by atoms with van der Waals surface area (Å²) in [5.41, 5.74) is 13.8. The number of carbonyl (C=O) groups is 1. The van der Waals surface area contributed by atoms with Gasteiger partial charge in [-0.05, 0) is 12.2 Å². The summed E-state index contributed by atoms with van der Waals surface area (Å²) < 4.78 is 0. The number of hydrogen-bond acceptors (Lipinski definition) is 4. The molecule has 0 aliphatic carbocycles. The first kappa shape index (κ1) is 11.4. The van der Waals surface area contributed by atoms with E-state index in [-0.39, 0.29) is 12.4 Å². The molecule has 56 valence electrons. The minimum absolute atomic E-state index is 0.114. The molecule has 10 heavy (non-hydrogen) atoms. The number of carbonyl (C=O) groups excluding carboxylic acids is 1. The number of amides is 1. The van der Waals surface area contributed by atoms with Crippen LogP contribution in [0.3, 0.4) is 0 Å². The fourth-order valence-corrected chi connectivity index (χ4v) is 0.119. The van der Waals surface area contributed by atoms with Crippen LogP contribution >= 0.6 is 12.2 Å². The van der Waals surface area contributed by atoms with Crippen LogP contribution in [0.25, 0.3) is 0 Å². The monoisotopic (exact) mass is 161 g/mol. The minimum Gasteiger partial charge on any atom is -0.372 e. The van der Waals surface area contributed by atoms with E-state index in [1.807, 2.05) is 5.16 Å². The van der Waals surface area contributed by atoms with Gasteiger partial charge in [0.1, 0.15) is 0 Å². The maximum atomic E-state index is 8.58. The van der Waals surface area contributed by atoms with Crippen LogP contribution < -0.4 is 17.2 Å². The molecule has 0 bridgehead atoms. The Hall–Kier alpha value is -1.46. The van der Waals surface area contributed by atoms with Crippen molar-refractivity contribution >= 4 is 29.7 Å². The molecule has 0 saturated carbocycles. The van der Waals surface area contributed by atoms with Crippen molar-refractivity contribution in [2.24, 2.45) is 27.4 Å². The Balaban J connectivity index is 0. The van der Waals surface area contributed by atoms with E-state index in [2.05, 4.69) is 28.2 Å². The van der Waals surface area contributed by atoms with Crippen LogP contribution in [-0.2, 0) is 4.79 Å². The largest absolute Gasteiger partial charge is 0.372 e. The first-order valence-electron chi connectivity index (χ1n) is 2.00. The summed E-state index contributed by atoms with van der Waals surface area (Å²) in [7, 11) is 0. The minimum atomic E-state index is -0.114. The lowest BCUT2D eigenvalue weighted by molar-refractivity contribution is -0.106. The number of guanidine groups is 1. The number of hydrogen-bond donors (Lipinski definition) is 3. The van der Waals surface area contributed by atoms with E-state index in [0.717, 1.165) is 0 Å². The van der Waals surface area contributed by atoms with Crippen molar-refractivity contribution in [1.82, 2.24) is 0 Å². The summed E-state index contributed by atoms with van der Waals surface area (Å²) in [5.74, 6) is -0.114. The van der Waals surface area contributed by atoms with Crippen molar-refractivity contribution in [3.8, 4) is 0 Å². The lowest BCUT2D eigenvalue weighted by Gasteiger charge is -1.76. The van der Waals surface area contributed by atoms with E-state index in [9.17, 15) is 0 Å². The second kappa shape index (κ2) is 10.5. The van der Waals surface area contributed by atoms with Crippen molar-refractivity contribution in [1.29, 1.82) is 0 Å². The Labute approximate surface area is 62.8 Å². The molecule has 0 aromatic rings. The molecule has 0 aromatic heterocycles. The first-order valence-corrected chi connectivity index (χ1v) is 2.41. The molecule has 0 heterocycles. The normalized spacial score (nSPS) is 5.60. The average molecular weight is 161 g/mol. The van der Waals surface area contributed by atoms with E-state index >= 15 is 0 Å². The maximum absolute atomic E-state index is 8.58. The van der Waals surface area contributed by atoms with Gasteiger partial charge in [0.15, 0.2) is 0 Å². The van der Waals surface area contributed by atoms with E-state index in [0.29, 0.717) is 0 Å². The molecule has 0 saturated heterocycles. The van der Waals surface area contributed by atoms with Gasteiger partial charge in [-0.1, -0.05) is 5.10 Å². The van der Waals surface area contributed by atoms with E-state index in [1.54, 1.807) is 0 Å². The van der Waals surface area contributed by atoms with Crippen LogP contribution in [0.15, 0.2) is 10.2 Å². The van der Waals surface area contributed by atoms with Crippen LogP contribution in [0, 0.1) is 0 Å². The molecule has 7 heteroatoms. The van der Waals surface area contributed by atoms with Gasteiger partial charge in [0.05, 0.1) is 5.16 Å². The van der Waals surface area contributed by atoms with Gasteiger partial charge in [0, 0.05) is 0 Å². The molecule has 0 spiro atoms. The molecule has 0 aromatic carbocycles. The van der Waals surface area contributed by atoms with Crippen LogP contribution in [-0.4, -0.2) is 17.5 Å². The SMILES string of the molecule is NC(N)=NN=C=S.NC=O. The molecule has 0 rings (SSSR count). The predicted molar refractivity (Wildman–Crippen MR) is 41.1 cm³/mol. The number of thiocarbonyl (C=S) groups is 1. The second-order valence-electron chi connectivity index (χ2n) is 0.852. The van der Waals surface area contributed by atoms with Gasteiger partial charge in [-0.25, -0.2) is 0 Å². The Kier molecular flexibility index (Phi) is 11.9. The highest BCUT2D eigenvalue weighted by molar-refractivity contribution is 7.78. The Morgan fingerprint density at radius 2 is 2.00 bits per heavy atom.